The van der Waals surface area contributed by atoms with Gasteiger partial charge < -0.3 is 24.5 Å². The fraction of sp³-hybridized carbons (Fsp3) is 0.561. The Morgan fingerprint density at radius 2 is 1.70 bits per heavy atom. The summed E-state index contributed by atoms with van der Waals surface area (Å²) in [6.07, 6.45) is 14.3. The van der Waals surface area contributed by atoms with Crippen LogP contribution in [0.3, 0.4) is 0 Å². The predicted molar refractivity (Wildman–Crippen MR) is 203 cm³/mol. The lowest BCUT2D eigenvalue weighted by Gasteiger charge is -2.53. The van der Waals surface area contributed by atoms with Crippen molar-refractivity contribution in [1.82, 2.24) is 39.3 Å². The third-order valence-corrected chi connectivity index (χ3v) is 13.2. The Bertz CT molecular complexity index is 2110. The molecule has 13 nitrogen and oxygen atoms in total. The molecule has 1 amide bonds. The molecular formula is C41H49F2N9O4. The van der Waals surface area contributed by atoms with Crippen LogP contribution in [0.1, 0.15) is 110 Å². The minimum absolute atomic E-state index is 0.00543. The monoisotopic (exact) mass is 769 g/mol. The van der Waals surface area contributed by atoms with Crippen molar-refractivity contribution in [2.75, 3.05) is 31.1 Å². The number of fused-ring (bicyclic) bond motifs is 2. The lowest BCUT2D eigenvalue weighted by atomic mass is 9.61. The molecule has 1 saturated heterocycles. The zero-order valence-corrected chi connectivity index (χ0v) is 32.0. The van der Waals surface area contributed by atoms with Crippen molar-refractivity contribution in [3.05, 3.63) is 64.9 Å². The second-order valence-corrected chi connectivity index (χ2v) is 16.6. The van der Waals surface area contributed by atoms with Crippen LogP contribution in [0.15, 0.2) is 36.9 Å². The standard InChI is InChI=1S/C41H49F2N9O4/c1-25(53)50-13-9-35-34(24-50)38(51-12-3-4-26-16-32(28-22-46-48(2)23-28)33(37(42)43)17-36(26)51)47-52(35)30-7-5-29(6-8-30)49-14-10-41(11-15-49)18-31(19-41)56-40-44-20-27(21-45-40)39(54)55/h16-17,20-23,29-31,37H,3-15,18-19,24H2,1-2H3,(H,54,55). The molecule has 2 saturated carbocycles. The lowest BCUT2D eigenvalue weighted by Crippen LogP contribution is -2.53. The van der Waals surface area contributed by atoms with E-state index < -0.39 is 12.4 Å². The van der Waals surface area contributed by atoms with Gasteiger partial charge in [-0.05, 0) is 106 Å². The molecule has 9 rings (SSSR count). The minimum Gasteiger partial charge on any atom is -0.478 e. The molecular weight excluding hydrogens is 721 g/mol. The number of carboxylic acids is 1. The van der Waals surface area contributed by atoms with Gasteiger partial charge in [-0.1, -0.05) is 0 Å². The molecule has 0 radical (unpaired) electrons. The molecule has 296 valence electrons. The summed E-state index contributed by atoms with van der Waals surface area (Å²) in [4.78, 5) is 38.6. The Hall–Kier alpha value is -4.92. The van der Waals surface area contributed by atoms with Crippen LogP contribution in [0.5, 0.6) is 6.01 Å². The number of halogens is 2. The number of carboxylic acid groups (broad SMARTS) is 1. The lowest BCUT2D eigenvalue weighted by molar-refractivity contribution is -0.129. The maximum Gasteiger partial charge on any atom is 0.338 e. The van der Waals surface area contributed by atoms with E-state index in [-0.39, 0.29) is 35.2 Å². The zero-order chi connectivity index (χ0) is 38.7. The highest BCUT2D eigenvalue weighted by atomic mass is 19.3. The first kappa shape index (κ1) is 36.7. The molecule has 56 heavy (non-hydrogen) atoms. The maximum absolute atomic E-state index is 14.7. The number of amides is 1. The summed E-state index contributed by atoms with van der Waals surface area (Å²) < 4.78 is 39.2. The highest BCUT2D eigenvalue weighted by molar-refractivity contribution is 5.86. The molecule has 5 aliphatic rings. The van der Waals surface area contributed by atoms with E-state index in [1.807, 2.05) is 11.0 Å². The first-order chi connectivity index (χ1) is 27.0. The normalized spacial score (nSPS) is 22.5. The Kier molecular flexibility index (Phi) is 9.53. The molecule has 2 aliphatic carbocycles. The average molecular weight is 770 g/mol. The summed E-state index contributed by atoms with van der Waals surface area (Å²) in [7, 11) is 1.79. The second kappa shape index (κ2) is 14.5. The number of aromatic nitrogens is 6. The van der Waals surface area contributed by atoms with Gasteiger partial charge in [0.05, 0.1) is 24.3 Å². The van der Waals surface area contributed by atoms with Crippen molar-refractivity contribution < 1.29 is 28.2 Å². The molecule has 0 atom stereocenters. The Balaban J connectivity index is 0.886. The topological polar surface area (TPSA) is 135 Å². The summed E-state index contributed by atoms with van der Waals surface area (Å²) in [5.41, 5.74) is 5.57. The zero-order valence-electron chi connectivity index (χ0n) is 32.0. The van der Waals surface area contributed by atoms with Crippen LogP contribution in [0, 0.1) is 5.41 Å². The number of nitrogens with zero attached hydrogens (tertiary/aromatic N) is 9. The molecule has 0 unspecified atom stereocenters. The molecule has 1 spiro atoms. The minimum atomic E-state index is -2.65. The number of piperidine rings is 1. The maximum atomic E-state index is 14.7. The summed E-state index contributed by atoms with van der Waals surface area (Å²) in [6.45, 7) is 5.56. The summed E-state index contributed by atoms with van der Waals surface area (Å²) in [5, 5.41) is 18.7. The first-order valence-corrected chi connectivity index (χ1v) is 20.1. The molecule has 0 bridgehead atoms. The van der Waals surface area contributed by atoms with Crippen molar-refractivity contribution in [2.24, 2.45) is 12.5 Å². The van der Waals surface area contributed by atoms with E-state index in [1.165, 1.54) is 18.1 Å². The van der Waals surface area contributed by atoms with Crippen LogP contribution in [-0.2, 0) is 31.2 Å². The Morgan fingerprint density at radius 1 is 0.964 bits per heavy atom. The van der Waals surface area contributed by atoms with Crippen LogP contribution < -0.4 is 9.64 Å². The number of rotatable bonds is 8. The number of anilines is 2. The van der Waals surface area contributed by atoms with Crippen molar-refractivity contribution in [3.8, 4) is 17.1 Å². The van der Waals surface area contributed by atoms with Crippen molar-refractivity contribution >= 4 is 23.4 Å². The third kappa shape index (κ3) is 6.81. The highest BCUT2D eigenvalue weighted by Crippen LogP contribution is 2.51. The smallest absolute Gasteiger partial charge is 0.338 e. The molecule has 3 aromatic heterocycles. The van der Waals surface area contributed by atoms with E-state index in [9.17, 15) is 18.4 Å². The average Bonchev–Trinajstić information content (AvgIpc) is 3.80. The van der Waals surface area contributed by atoms with Gasteiger partial charge in [0, 0.05) is 86.2 Å². The summed E-state index contributed by atoms with van der Waals surface area (Å²) in [5.74, 6) is -0.220. The molecule has 4 aromatic rings. The van der Waals surface area contributed by atoms with Gasteiger partial charge in [-0.3, -0.25) is 14.2 Å². The predicted octanol–water partition coefficient (Wildman–Crippen LogP) is 6.51. The van der Waals surface area contributed by atoms with Crippen LogP contribution >= 0.6 is 0 Å². The number of hydrogen-bond donors (Lipinski definition) is 1. The fourth-order valence-corrected chi connectivity index (χ4v) is 10.1. The van der Waals surface area contributed by atoms with E-state index >= 15 is 0 Å². The van der Waals surface area contributed by atoms with E-state index in [1.54, 1.807) is 37.1 Å². The molecule has 1 aromatic carbocycles. The van der Waals surface area contributed by atoms with Gasteiger partial charge in [0.2, 0.25) is 5.91 Å². The Morgan fingerprint density at radius 3 is 2.36 bits per heavy atom. The van der Waals surface area contributed by atoms with E-state index in [2.05, 4.69) is 29.5 Å². The van der Waals surface area contributed by atoms with Gasteiger partial charge in [-0.25, -0.2) is 23.5 Å². The van der Waals surface area contributed by atoms with Gasteiger partial charge in [-0.2, -0.15) is 10.2 Å². The van der Waals surface area contributed by atoms with Gasteiger partial charge in [0.25, 0.3) is 6.43 Å². The number of hydrogen-bond acceptors (Lipinski definition) is 9. The quantitative estimate of drug-likeness (QED) is 0.212. The van der Waals surface area contributed by atoms with Gasteiger partial charge >= 0.3 is 12.0 Å². The number of aromatic carboxylic acids is 1. The number of likely N-dealkylation sites (tertiary alicyclic amines) is 1. The van der Waals surface area contributed by atoms with Crippen LogP contribution in [0.4, 0.5) is 20.3 Å². The van der Waals surface area contributed by atoms with Gasteiger partial charge in [0.15, 0.2) is 5.82 Å². The second-order valence-electron chi connectivity index (χ2n) is 16.6. The van der Waals surface area contributed by atoms with Crippen LogP contribution in [-0.4, -0.2) is 94.6 Å². The van der Waals surface area contributed by atoms with Gasteiger partial charge in [0.1, 0.15) is 6.10 Å². The summed E-state index contributed by atoms with van der Waals surface area (Å²) in [6, 6.07) is 4.61. The number of carbonyl (C=O) groups is 2. The van der Waals surface area contributed by atoms with Crippen molar-refractivity contribution in [2.45, 2.75) is 109 Å². The van der Waals surface area contributed by atoms with E-state index in [0.29, 0.717) is 42.2 Å². The number of alkyl halides is 2. The molecule has 15 heteroatoms. The van der Waals surface area contributed by atoms with Gasteiger partial charge in [-0.15, -0.1) is 0 Å². The first-order valence-electron chi connectivity index (χ1n) is 20.1. The molecule has 3 aliphatic heterocycles. The third-order valence-electron chi connectivity index (χ3n) is 13.2. The number of carbonyl (C=O) groups excluding carboxylic acids is 1. The van der Waals surface area contributed by atoms with Crippen LogP contribution in [0.2, 0.25) is 0 Å². The number of benzene rings is 1. The SMILES string of the molecule is CC(=O)N1CCc2c(c(N3CCCc4cc(-c5cnn(C)c5)c(C(F)F)cc43)nn2C2CCC(N3CCC4(CC3)CC(Oc3ncc(C(=O)O)cn3)C4)CC2)C1. The summed E-state index contributed by atoms with van der Waals surface area (Å²) >= 11 is 0. The molecule has 1 N–H and O–H groups in total. The number of ether oxygens (including phenoxy) is 1. The molecule has 3 fully saturated rings. The Labute approximate surface area is 324 Å². The van der Waals surface area contributed by atoms with Crippen LogP contribution in [0.25, 0.3) is 11.1 Å². The largest absolute Gasteiger partial charge is 0.478 e. The van der Waals surface area contributed by atoms with Crippen molar-refractivity contribution in [1.29, 1.82) is 0 Å². The highest BCUT2D eigenvalue weighted by Gasteiger charge is 2.48. The molecule has 6 heterocycles. The van der Waals surface area contributed by atoms with Crippen molar-refractivity contribution in [3.63, 3.8) is 0 Å². The fourth-order valence-electron chi connectivity index (χ4n) is 10.1. The van der Waals surface area contributed by atoms with E-state index in [4.69, 9.17) is 14.9 Å². The van der Waals surface area contributed by atoms with E-state index in [0.717, 1.165) is 106 Å². The number of aryl methyl sites for hydroxylation is 2.